The van der Waals surface area contributed by atoms with Gasteiger partial charge in [-0.1, -0.05) is 11.6 Å². The molecular formula is C21H17ClN6O3. The van der Waals surface area contributed by atoms with Crippen LogP contribution in [0, 0.1) is 0 Å². The van der Waals surface area contributed by atoms with Crippen LogP contribution >= 0.6 is 11.6 Å². The van der Waals surface area contributed by atoms with Gasteiger partial charge in [-0.15, -0.1) is 0 Å². The van der Waals surface area contributed by atoms with Crippen LogP contribution in [0.2, 0.25) is 5.02 Å². The molecular weight excluding hydrogens is 420 g/mol. The van der Waals surface area contributed by atoms with E-state index in [0.29, 0.717) is 22.9 Å². The summed E-state index contributed by atoms with van der Waals surface area (Å²) in [5.41, 5.74) is 7.37. The van der Waals surface area contributed by atoms with Gasteiger partial charge in [0.15, 0.2) is 0 Å². The van der Waals surface area contributed by atoms with Crippen LogP contribution in [0.1, 0.15) is 10.5 Å². The summed E-state index contributed by atoms with van der Waals surface area (Å²) in [5.74, 6) is 0.0380. The second kappa shape index (κ2) is 8.33. The number of amides is 3. The van der Waals surface area contributed by atoms with Crippen LogP contribution in [0.5, 0.6) is 11.5 Å². The Morgan fingerprint density at radius 3 is 2.55 bits per heavy atom. The lowest BCUT2D eigenvalue weighted by Gasteiger charge is -2.11. The number of carbonyl (C=O) groups is 2. The highest BCUT2D eigenvalue weighted by Crippen LogP contribution is 2.32. The molecule has 156 valence electrons. The van der Waals surface area contributed by atoms with E-state index in [1.165, 1.54) is 12.3 Å². The highest BCUT2D eigenvalue weighted by atomic mass is 35.5. The van der Waals surface area contributed by atoms with Crippen molar-refractivity contribution in [3.8, 4) is 11.5 Å². The number of urea groups is 1. The fourth-order valence-corrected chi connectivity index (χ4v) is 3.15. The number of hydrogen-bond donors (Lipinski definition) is 3. The molecule has 0 unspecified atom stereocenters. The highest BCUT2D eigenvalue weighted by molar-refractivity contribution is 6.32. The number of carbonyl (C=O) groups excluding carboxylic acids is 2. The molecule has 2 aromatic heterocycles. The normalized spacial score (nSPS) is 10.6. The van der Waals surface area contributed by atoms with Crippen molar-refractivity contribution in [2.45, 2.75) is 0 Å². The molecule has 0 saturated heterocycles. The summed E-state index contributed by atoms with van der Waals surface area (Å²) < 4.78 is 7.44. The van der Waals surface area contributed by atoms with Crippen LogP contribution in [0.25, 0.3) is 10.9 Å². The number of pyridine rings is 1. The van der Waals surface area contributed by atoms with Gasteiger partial charge in [-0.2, -0.15) is 5.10 Å². The van der Waals surface area contributed by atoms with E-state index in [-0.39, 0.29) is 10.7 Å². The SMILES string of the molecule is Cn1ncc2cc(NC(=O)Nc3ccc(Oc4ccnc(C(N)=O)c4)c(Cl)c3)ccc21. The van der Waals surface area contributed by atoms with Crippen molar-refractivity contribution in [2.24, 2.45) is 12.8 Å². The van der Waals surface area contributed by atoms with E-state index in [4.69, 9.17) is 22.1 Å². The monoisotopic (exact) mass is 436 g/mol. The second-order valence-electron chi connectivity index (χ2n) is 6.61. The fourth-order valence-electron chi connectivity index (χ4n) is 2.93. The maximum Gasteiger partial charge on any atom is 0.323 e. The minimum Gasteiger partial charge on any atom is -0.456 e. The molecule has 9 nitrogen and oxygen atoms in total. The van der Waals surface area contributed by atoms with Crippen molar-refractivity contribution in [2.75, 3.05) is 10.6 Å². The molecule has 3 amide bonds. The van der Waals surface area contributed by atoms with Crippen molar-refractivity contribution in [1.29, 1.82) is 0 Å². The molecule has 2 aromatic carbocycles. The molecule has 0 saturated carbocycles. The number of ether oxygens (including phenoxy) is 1. The lowest BCUT2D eigenvalue weighted by molar-refractivity contribution is 0.0995. The molecule has 0 aliphatic carbocycles. The number of fused-ring (bicyclic) bond motifs is 1. The highest BCUT2D eigenvalue weighted by Gasteiger charge is 2.10. The number of nitrogens with zero attached hydrogens (tertiary/aromatic N) is 3. The predicted molar refractivity (Wildman–Crippen MR) is 118 cm³/mol. The lowest BCUT2D eigenvalue weighted by Crippen LogP contribution is -2.19. The van der Waals surface area contributed by atoms with Gasteiger partial charge in [-0.05, 0) is 42.5 Å². The number of hydrogen-bond acceptors (Lipinski definition) is 5. The Hall–Kier alpha value is -4.11. The third-order valence-electron chi connectivity index (χ3n) is 4.41. The quantitative estimate of drug-likeness (QED) is 0.433. The molecule has 2 heterocycles. The largest absolute Gasteiger partial charge is 0.456 e. The van der Waals surface area contributed by atoms with Crippen molar-refractivity contribution < 1.29 is 14.3 Å². The maximum atomic E-state index is 12.3. The predicted octanol–water partition coefficient (Wildman–Crippen LogP) is 4.16. The molecule has 0 aliphatic heterocycles. The average Bonchev–Trinajstić information content (AvgIpc) is 3.10. The number of primary amides is 1. The van der Waals surface area contributed by atoms with Crippen LogP contribution in [0.4, 0.5) is 16.2 Å². The Balaban J connectivity index is 1.43. The topological polar surface area (TPSA) is 124 Å². The lowest BCUT2D eigenvalue weighted by atomic mass is 10.2. The molecule has 0 radical (unpaired) electrons. The first-order valence-electron chi connectivity index (χ1n) is 9.12. The van der Waals surface area contributed by atoms with E-state index in [2.05, 4.69) is 20.7 Å². The Kier molecular flexibility index (Phi) is 5.42. The zero-order valence-electron chi connectivity index (χ0n) is 16.3. The Morgan fingerprint density at radius 2 is 1.81 bits per heavy atom. The first-order valence-corrected chi connectivity index (χ1v) is 9.50. The van der Waals surface area contributed by atoms with Gasteiger partial charge in [-0.3, -0.25) is 14.5 Å². The number of nitrogens with one attached hydrogen (secondary N) is 2. The minimum absolute atomic E-state index is 0.0769. The summed E-state index contributed by atoms with van der Waals surface area (Å²) in [4.78, 5) is 27.4. The van der Waals surface area contributed by atoms with Crippen molar-refractivity contribution >= 4 is 45.8 Å². The molecule has 0 aliphatic rings. The Morgan fingerprint density at radius 1 is 1.06 bits per heavy atom. The Bertz CT molecular complexity index is 1300. The van der Waals surface area contributed by atoms with Crippen LogP contribution in [0.3, 0.4) is 0 Å². The smallest absolute Gasteiger partial charge is 0.323 e. The van der Waals surface area contributed by atoms with Gasteiger partial charge in [0.1, 0.15) is 17.2 Å². The van der Waals surface area contributed by atoms with Gasteiger partial charge in [0.25, 0.3) is 5.91 Å². The summed E-state index contributed by atoms with van der Waals surface area (Å²) in [5, 5.41) is 10.9. The fraction of sp³-hybridized carbons (Fsp3) is 0.0476. The number of nitrogens with two attached hydrogens (primary N) is 1. The van der Waals surface area contributed by atoms with Crippen LogP contribution in [0.15, 0.2) is 60.9 Å². The first-order chi connectivity index (χ1) is 14.9. The average molecular weight is 437 g/mol. The van der Waals surface area contributed by atoms with Crippen molar-refractivity contribution in [3.05, 3.63) is 71.6 Å². The first kappa shape index (κ1) is 20.2. The summed E-state index contributed by atoms with van der Waals surface area (Å²) in [6, 6.07) is 12.9. The van der Waals surface area contributed by atoms with E-state index in [1.807, 2.05) is 19.2 Å². The van der Waals surface area contributed by atoms with Gasteiger partial charge >= 0.3 is 6.03 Å². The zero-order valence-corrected chi connectivity index (χ0v) is 17.1. The summed E-state index contributed by atoms with van der Waals surface area (Å²) in [7, 11) is 1.85. The number of rotatable bonds is 5. The minimum atomic E-state index is -0.662. The number of anilines is 2. The zero-order chi connectivity index (χ0) is 22.0. The molecule has 4 rings (SSSR count). The van der Waals surface area contributed by atoms with E-state index in [9.17, 15) is 9.59 Å². The number of halogens is 1. The molecule has 4 aromatic rings. The van der Waals surface area contributed by atoms with Gasteiger partial charge < -0.3 is 21.1 Å². The van der Waals surface area contributed by atoms with Crippen LogP contribution < -0.4 is 21.1 Å². The standard InChI is InChI=1S/C21H17ClN6O3/c1-28-18-4-2-13(8-12(18)11-25-28)26-21(30)27-14-3-5-19(16(22)9-14)31-15-6-7-24-17(10-15)20(23)29/h2-11H,1H3,(H2,23,29)(H2,26,27,30). The molecule has 0 fully saturated rings. The third kappa shape index (κ3) is 4.57. The molecule has 31 heavy (non-hydrogen) atoms. The summed E-state index contributed by atoms with van der Waals surface area (Å²) >= 11 is 6.28. The van der Waals surface area contributed by atoms with Crippen LogP contribution in [-0.4, -0.2) is 26.7 Å². The molecule has 0 bridgehead atoms. The molecule has 0 spiro atoms. The van der Waals surface area contributed by atoms with Gasteiger partial charge in [0, 0.05) is 36.1 Å². The van der Waals surface area contributed by atoms with Crippen molar-refractivity contribution in [1.82, 2.24) is 14.8 Å². The van der Waals surface area contributed by atoms with Gasteiger partial charge in [0.2, 0.25) is 0 Å². The number of aromatic nitrogens is 3. The van der Waals surface area contributed by atoms with E-state index in [1.54, 1.807) is 41.2 Å². The van der Waals surface area contributed by atoms with E-state index in [0.717, 1.165) is 10.9 Å². The van der Waals surface area contributed by atoms with E-state index >= 15 is 0 Å². The molecule has 4 N–H and O–H groups in total. The van der Waals surface area contributed by atoms with E-state index < -0.39 is 11.9 Å². The van der Waals surface area contributed by atoms with Gasteiger partial charge in [-0.25, -0.2) is 4.79 Å². The number of aryl methyl sites for hydroxylation is 1. The molecule has 10 heteroatoms. The van der Waals surface area contributed by atoms with Crippen molar-refractivity contribution in [3.63, 3.8) is 0 Å². The second-order valence-corrected chi connectivity index (χ2v) is 7.02. The Labute approximate surface area is 181 Å². The maximum absolute atomic E-state index is 12.3. The van der Waals surface area contributed by atoms with Gasteiger partial charge in [0.05, 0.1) is 16.7 Å². The van der Waals surface area contributed by atoms with Crippen LogP contribution in [-0.2, 0) is 7.05 Å². The molecule has 0 atom stereocenters. The summed E-state index contributed by atoms with van der Waals surface area (Å²) in [6.07, 6.45) is 3.14. The third-order valence-corrected chi connectivity index (χ3v) is 4.70. The number of benzene rings is 2. The summed E-state index contributed by atoms with van der Waals surface area (Å²) in [6.45, 7) is 0.